The second-order valence-corrected chi connectivity index (χ2v) is 5.67. The van der Waals surface area contributed by atoms with Gasteiger partial charge >= 0.3 is 17.9 Å². The van der Waals surface area contributed by atoms with E-state index in [1.54, 1.807) is 0 Å². The molecule has 0 saturated heterocycles. The van der Waals surface area contributed by atoms with Crippen molar-refractivity contribution >= 4 is 17.9 Å². The first-order valence-corrected chi connectivity index (χ1v) is 6.21. The summed E-state index contributed by atoms with van der Waals surface area (Å²) >= 11 is 0. The minimum Gasteiger partial charge on any atom is -0.481 e. The van der Waals surface area contributed by atoms with Crippen molar-refractivity contribution in [2.45, 2.75) is 31.4 Å². The largest absolute Gasteiger partial charge is 0.481 e. The Bertz CT molecular complexity index is 363. The van der Waals surface area contributed by atoms with Crippen LogP contribution in [0.25, 0.3) is 0 Å². The summed E-state index contributed by atoms with van der Waals surface area (Å²) < 4.78 is 5.53. The van der Waals surface area contributed by atoms with E-state index in [0.29, 0.717) is 11.0 Å². The lowest BCUT2D eigenvalue weighted by Gasteiger charge is -2.28. The first kappa shape index (κ1) is 18.3. The van der Waals surface area contributed by atoms with E-state index in [4.69, 9.17) is 20.7 Å². The average Bonchev–Trinajstić information content (AvgIpc) is 2.21. The molecule has 0 bridgehead atoms. The van der Waals surface area contributed by atoms with Gasteiger partial charge in [0.15, 0.2) is 6.10 Å². The van der Waals surface area contributed by atoms with Gasteiger partial charge in [-0.2, -0.15) is 0 Å². The van der Waals surface area contributed by atoms with Crippen LogP contribution >= 0.6 is 0 Å². The topological polar surface area (TPSA) is 127 Å². The van der Waals surface area contributed by atoms with Gasteiger partial charge in [0.25, 0.3) is 0 Å². The highest BCUT2D eigenvalue weighted by Crippen LogP contribution is 2.08. The van der Waals surface area contributed by atoms with Crippen LogP contribution in [0, 0.1) is 0 Å². The third kappa shape index (κ3) is 9.29. The summed E-state index contributed by atoms with van der Waals surface area (Å²) in [5, 5.41) is 17.4. The number of nitrogens with two attached hydrogens (primary N) is 1. The number of rotatable bonds is 9. The molecule has 0 aliphatic carbocycles. The Hall–Kier alpha value is -1.67. The summed E-state index contributed by atoms with van der Waals surface area (Å²) in [6, 6.07) is -1.13. The number of carbonyl (C=O) groups excluding carboxylic acids is 1. The molecule has 8 nitrogen and oxygen atoms in total. The Morgan fingerprint density at radius 2 is 1.75 bits per heavy atom. The van der Waals surface area contributed by atoms with Crippen molar-refractivity contribution in [2.75, 3.05) is 27.7 Å². The zero-order valence-electron chi connectivity index (χ0n) is 12.0. The van der Waals surface area contributed by atoms with Crippen LogP contribution in [0.1, 0.15) is 19.3 Å². The van der Waals surface area contributed by atoms with Crippen LogP contribution in [-0.2, 0) is 19.1 Å². The first-order valence-electron chi connectivity index (χ1n) is 6.21. The highest BCUT2D eigenvalue weighted by Gasteiger charge is 2.25. The predicted octanol–water partition coefficient (Wildman–Crippen LogP) is -0.729. The van der Waals surface area contributed by atoms with E-state index >= 15 is 0 Å². The molecule has 20 heavy (non-hydrogen) atoms. The highest BCUT2D eigenvalue weighted by atomic mass is 16.5. The molecule has 4 N–H and O–H groups in total. The molecule has 0 aromatic heterocycles. The summed E-state index contributed by atoms with van der Waals surface area (Å²) in [5.74, 6) is -2.88. The van der Waals surface area contributed by atoms with Gasteiger partial charge in [0.1, 0.15) is 12.6 Å². The van der Waals surface area contributed by atoms with E-state index in [1.165, 1.54) is 0 Å². The lowest BCUT2D eigenvalue weighted by Crippen LogP contribution is -2.44. The maximum absolute atomic E-state index is 11.6. The molecule has 0 rings (SSSR count). The predicted molar refractivity (Wildman–Crippen MR) is 69.9 cm³/mol. The number of carbonyl (C=O) groups is 3. The Morgan fingerprint density at radius 3 is 2.15 bits per heavy atom. The maximum Gasteiger partial charge on any atom is 0.320 e. The first-order chi connectivity index (χ1) is 9.01. The van der Waals surface area contributed by atoms with Crippen LogP contribution in [-0.4, -0.2) is 72.4 Å². The van der Waals surface area contributed by atoms with Crippen LogP contribution in [0.2, 0.25) is 0 Å². The van der Waals surface area contributed by atoms with Crippen LogP contribution in [0.4, 0.5) is 0 Å². The lowest BCUT2D eigenvalue weighted by atomic mass is 10.1. The van der Waals surface area contributed by atoms with E-state index in [9.17, 15) is 14.4 Å². The van der Waals surface area contributed by atoms with Crippen molar-refractivity contribution in [3.63, 3.8) is 0 Å². The number of hydrogen-bond donors (Lipinski definition) is 3. The lowest BCUT2D eigenvalue weighted by molar-refractivity contribution is -0.873. The van der Waals surface area contributed by atoms with Crippen LogP contribution in [0.5, 0.6) is 0 Å². The Kier molecular flexibility index (Phi) is 7.16. The monoisotopic (exact) mass is 291 g/mol. The number of quaternary nitrogens is 1. The van der Waals surface area contributed by atoms with Gasteiger partial charge in [-0.15, -0.1) is 0 Å². The standard InChI is InChI=1S/C12H22N2O6/c1-14(2,3)7-8(6-10(15)16)20-11(17)5-4-9(13)12(18)19/h8-9H,4-7,13H2,1-3H3,(H-,15,16,18,19)/p+1/t8-,9+/m1/s1. The fraction of sp³-hybridized carbons (Fsp3) is 0.750. The van der Waals surface area contributed by atoms with Crippen LogP contribution in [0.15, 0.2) is 0 Å². The molecule has 0 unspecified atom stereocenters. The van der Waals surface area contributed by atoms with E-state index in [1.807, 2.05) is 21.1 Å². The van der Waals surface area contributed by atoms with Gasteiger partial charge < -0.3 is 25.2 Å². The number of hydrogen-bond acceptors (Lipinski definition) is 5. The van der Waals surface area contributed by atoms with E-state index in [2.05, 4.69) is 0 Å². The van der Waals surface area contributed by atoms with Gasteiger partial charge in [0.2, 0.25) is 0 Å². The van der Waals surface area contributed by atoms with Gasteiger partial charge in [-0.25, -0.2) is 0 Å². The zero-order valence-corrected chi connectivity index (χ0v) is 12.0. The summed E-state index contributed by atoms with van der Waals surface area (Å²) in [7, 11) is 5.55. The molecule has 2 atom stereocenters. The maximum atomic E-state index is 11.6. The van der Waals surface area contributed by atoms with Gasteiger partial charge in [-0.1, -0.05) is 0 Å². The van der Waals surface area contributed by atoms with E-state index in [-0.39, 0.29) is 19.3 Å². The Morgan fingerprint density at radius 1 is 1.20 bits per heavy atom. The Balaban J connectivity index is 4.38. The van der Waals surface area contributed by atoms with Crippen molar-refractivity contribution in [3.8, 4) is 0 Å². The number of aliphatic carboxylic acids is 2. The SMILES string of the molecule is C[N+](C)(C)C[C@@H](CC(=O)O)OC(=O)CC[C@H](N)C(=O)O. The third-order valence-electron chi connectivity index (χ3n) is 2.43. The summed E-state index contributed by atoms with van der Waals surface area (Å²) in [5.41, 5.74) is 5.27. The molecule has 8 heteroatoms. The van der Waals surface area contributed by atoms with Gasteiger partial charge in [0.05, 0.1) is 27.6 Å². The molecule has 0 aromatic carbocycles. The number of ether oxygens (including phenoxy) is 1. The molecule has 0 spiro atoms. The van der Waals surface area contributed by atoms with Crippen molar-refractivity contribution < 1.29 is 33.8 Å². The third-order valence-corrected chi connectivity index (χ3v) is 2.43. The molecular weight excluding hydrogens is 268 g/mol. The molecule has 0 fully saturated rings. The molecule has 0 aromatic rings. The zero-order chi connectivity index (χ0) is 15.9. The Labute approximate surface area is 117 Å². The number of carboxylic acid groups (broad SMARTS) is 2. The minimum atomic E-state index is -1.19. The quantitative estimate of drug-likeness (QED) is 0.377. The highest BCUT2D eigenvalue weighted by molar-refractivity contribution is 5.75. The van der Waals surface area contributed by atoms with E-state index in [0.717, 1.165) is 0 Å². The fourth-order valence-corrected chi connectivity index (χ4v) is 1.59. The molecule has 0 aliphatic heterocycles. The normalized spacial score (nSPS) is 14.4. The number of nitrogens with zero attached hydrogens (tertiary/aromatic N) is 1. The van der Waals surface area contributed by atoms with Crippen LogP contribution < -0.4 is 5.73 Å². The summed E-state index contributed by atoms with van der Waals surface area (Å²) in [4.78, 5) is 32.8. The van der Waals surface area contributed by atoms with Gasteiger partial charge in [0, 0.05) is 6.42 Å². The molecular formula is C12H23N2O6+. The van der Waals surface area contributed by atoms with Crippen LogP contribution in [0.3, 0.4) is 0 Å². The van der Waals surface area contributed by atoms with Gasteiger partial charge in [-0.3, -0.25) is 14.4 Å². The summed E-state index contributed by atoms with van der Waals surface area (Å²) in [6.07, 6.45) is -1.23. The fourth-order valence-electron chi connectivity index (χ4n) is 1.59. The number of esters is 1. The smallest absolute Gasteiger partial charge is 0.320 e. The summed E-state index contributed by atoms with van der Waals surface area (Å²) in [6.45, 7) is 0.350. The molecule has 0 heterocycles. The van der Waals surface area contributed by atoms with E-state index < -0.39 is 30.1 Å². The minimum absolute atomic E-state index is 0.0433. The van der Waals surface area contributed by atoms with Crippen molar-refractivity contribution in [3.05, 3.63) is 0 Å². The second-order valence-electron chi connectivity index (χ2n) is 5.67. The molecule has 0 amide bonds. The van der Waals surface area contributed by atoms with Crippen molar-refractivity contribution in [1.29, 1.82) is 0 Å². The average molecular weight is 291 g/mol. The molecule has 0 saturated carbocycles. The van der Waals surface area contributed by atoms with Gasteiger partial charge in [-0.05, 0) is 6.42 Å². The molecule has 116 valence electrons. The van der Waals surface area contributed by atoms with Crippen molar-refractivity contribution in [2.24, 2.45) is 5.73 Å². The molecule has 0 radical (unpaired) electrons. The second kappa shape index (κ2) is 7.81. The number of carboxylic acids is 2. The van der Waals surface area contributed by atoms with Crippen molar-refractivity contribution in [1.82, 2.24) is 0 Å². The number of likely N-dealkylation sites (N-methyl/N-ethyl adjacent to an activating group) is 1. The molecule has 0 aliphatic rings.